The van der Waals surface area contributed by atoms with Crippen LogP contribution in [-0.4, -0.2) is 43.8 Å². The van der Waals surface area contributed by atoms with Crippen LogP contribution in [0.4, 0.5) is 0 Å². The molecule has 0 aromatic carbocycles. The van der Waals surface area contributed by atoms with Crippen molar-refractivity contribution in [3.63, 3.8) is 0 Å². The van der Waals surface area contributed by atoms with E-state index in [0.29, 0.717) is 19.5 Å². The maximum atomic E-state index is 13.1. The number of rotatable bonds is 3. The molecule has 6 heteroatoms. The molecule has 0 bridgehead atoms. The van der Waals surface area contributed by atoms with Crippen molar-refractivity contribution in [2.75, 3.05) is 19.3 Å². The summed E-state index contributed by atoms with van der Waals surface area (Å²) in [4.78, 5) is 16.0. The van der Waals surface area contributed by atoms with E-state index in [-0.39, 0.29) is 16.6 Å². The van der Waals surface area contributed by atoms with E-state index in [1.165, 1.54) is 6.26 Å². The van der Waals surface area contributed by atoms with E-state index in [1.807, 2.05) is 11.4 Å². The van der Waals surface area contributed by atoms with Crippen molar-refractivity contribution in [3.05, 3.63) is 22.4 Å². The van der Waals surface area contributed by atoms with Crippen LogP contribution in [0.5, 0.6) is 0 Å². The lowest BCUT2D eigenvalue weighted by atomic mass is 9.83. The Balaban J connectivity index is 1.84. The fraction of sp³-hybridized carbons (Fsp3) is 0.667. The van der Waals surface area contributed by atoms with Crippen LogP contribution in [-0.2, 0) is 20.0 Å². The van der Waals surface area contributed by atoms with E-state index >= 15 is 0 Å². The number of thiophene rings is 1. The zero-order valence-electron chi connectivity index (χ0n) is 12.2. The molecule has 1 aliphatic carbocycles. The van der Waals surface area contributed by atoms with Crippen molar-refractivity contribution >= 4 is 27.1 Å². The monoisotopic (exact) mass is 327 g/mol. The third-order valence-electron chi connectivity index (χ3n) is 4.90. The molecule has 116 valence electrons. The van der Waals surface area contributed by atoms with E-state index in [1.54, 1.807) is 16.2 Å². The number of sulfone groups is 1. The Morgan fingerprint density at radius 3 is 2.62 bits per heavy atom. The summed E-state index contributed by atoms with van der Waals surface area (Å²) >= 11 is 1.65. The molecule has 1 saturated carbocycles. The average molecular weight is 327 g/mol. The van der Waals surface area contributed by atoms with Crippen molar-refractivity contribution in [1.82, 2.24) is 4.90 Å². The molecular formula is C15H21NO3S2. The van der Waals surface area contributed by atoms with Crippen LogP contribution in [0, 0.1) is 0 Å². The van der Waals surface area contributed by atoms with Crippen LogP contribution in [0.3, 0.4) is 0 Å². The van der Waals surface area contributed by atoms with E-state index in [9.17, 15) is 13.2 Å². The molecule has 3 rings (SSSR count). The maximum Gasteiger partial charge on any atom is 0.234 e. The zero-order valence-corrected chi connectivity index (χ0v) is 13.9. The minimum atomic E-state index is -3.06. The molecule has 2 fully saturated rings. The van der Waals surface area contributed by atoms with E-state index in [0.717, 1.165) is 30.6 Å². The summed E-state index contributed by atoms with van der Waals surface area (Å²) in [6, 6.07) is 4.05. The first-order valence-electron chi connectivity index (χ1n) is 7.46. The first-order valence-corrected chi connectivity index (χ1v) is 10.3. The van der Waals surface area contributed by atoms with Crippen molar-refractivity contribution in [2.45, 2.75) is 42.8 Å². The summed E-state index contributed by atoms with van der Waals surface area (Å²) in [7, 11) is -3.06. The van der Waals surface area contributed by atoms with Gasteiger partial charge in [0.25, 0.3) is 0 Å². The first kappa shape index (κ1) is 15.0. The van der Waals surface area contributed by atoms with Gasteiger partial charge in [0.2, 0.25) is 5.91 Å². The molecule has 1 atom stereocenters. The molecule has 1 aliphatic heterocycles. The number of likely N-dealkylation sites (tertiary alicyclic amines) is 1. The molecule has 0 radical (unpaired) electrons. The molecular weight excluding hydrogens is 306 g/mol. The fourth-order valence-corrected chi connectivity index (χ4v) is 5.62. The van der Waals surface area contributed by atoms with Gasteiger partial charge in [-0.3, -0.25) is 4.79 Å². The number of carbonyl (C=O) groups excluding carboxylic acids is 1. The quantitative estimate of drug-likeness (QED) is 0.855. The fourth-order valence-electron chi connectivity index (χ4n) is 3.66. The SMILES string of the molecule is CS(=O)(=O)C1CCN(C(=O)C2(c3cccs3)CCCC2)C1. The lowest BCUT2D eigenvalue weighted by molar-refractivity contribution is -0.136. The topological polar surface area (TPSA) is 54.5 Å². The molecule has 0 spiro atoms. The standard InChI is InChI=1S/C15H21NO3S2/c1-21(18,19)12-6-9-16(11-12)14(17)15(7-2-3-8-15)13-5-4-10-20-13/h4-5,10,12H,2-3,6-9,11H2,1H3. The number of hydrogen-bond acceptors (Lipinski definition) is 4. The highest BCUT2D eigenvalue weighted by atomic mass is 32.2. The summed E-state index contributed by atoms with van der Waals surface area (Å²) < 4.78 is 23.4. The summed E-state index contributed by atoms with van der Waals surface area (Å²) in [6.45, 7) is 0.939. The van der Waals surface area contributed by atoms with E-state index in [2.05, 4.69) is 6.07 Å². The number of carbonyl (C=O) groups is 1. The molecule has 1 saturated heterocycles. The second-order valence-corrected chi connectivity index (χ2v) is 9.53. The number of hydrogen-bond donors (Lipinski definition) is 0. The van der Waals surface area contributed by atoms with Gasteiger partial charge in [0, 0.05) is 24.2 Å². The first-order chi connectivity index (χ1) is 9.93. The molecule has 1 aromatic heterocycles. The molecule has 2 aliphatic rings. The predicted octanol–water partition coefficient (Wildman–Crippen LogP) is 2.21. The summed E-state index contributed by atoms with van der Waals surface area (Å²) in [5, 5.41) is 1.63. The highest BCUT2D eigenvalue weighted by Gasteiger charge is 2.47. The highest BCUT2D eigenvalue weighted by molar-refractivity contribution is 7.91. The Hall–Kier alpha value is -0.880. The van der Waals surface area contributed by atoms with Crippen molar-refractivity contribution in [1.29, 1.82) is 0 Å². The van der Waals surface area contributed by atoms with Gasteiger partial charge in [-0.15, -0.1) is 11.3 Å². The van der Waals surface area contributed by atoms with Crippen LogP contribution < -0.4 is 0 Å². The van der Waals surface area contributed by atoms with Crippen LogP contribution in [0.25, 0.3) is 0 Å². The Morgan fingerprint density at radius 2 is 2.10 bits per heavy atom. The van der Waals surface area contributed by atoms with Crippen LogP contribution in [0.1, 0.15) is 37.0 Å². The van der Waals surface area contributed by atoms with E-state index in [4.69, 9.17) is 0 Å². The van der Waals surface area contributed by atoms with Crippen LogP contribution in [0.15, 0.2) is 17.5 Å². The van der Waals surface area contributed by atoms with Gasteiger partial charge in [-0.05, 0) is 30.7 Å². The third kappa shape index (κ3) is 2.63. The summed E-state index contributed by atoms with van der Waals surface area (Å²) in [5.74, 6) is 0.147. The Bertz CT molecular complexity index is 615. The van der Waals surface area contributed by atoms with Gasteiger partial charge in [0.15, 0.2) is 9.84 Å². The van der Waals surface area contributed by atoms with Crippen molar-refractivity contribution in [2.24, 2.45) is 0 Å². The number of nitrogens with zero attached hydrogens (tertiary/aromatic N) is 1. The average Bonchev–Trinajstić information content (AvgIpc) is 3.17. The van der Waals surface area contributed by atoms with Gasteiger partial charge < -0.3 is 4.90 Å². The molecule has 1 amide bonds. The maximum absolute atomic E-state index is 13.1. The molecule has 2 heterocycles. The predicted molar refractivity (Wildman–Crippen MR) is 84.3 cm³/mol. The van der Waals surface area contributed by atoms with Gasteiger partial charge >= 0.3 is 0 Å². The highest BCUT2D eigenvalue weighted by Crippen LogP contribution is 2.45. The second kappa shape index (κ2) is 5.39. The Kier molecular flexibility index (Phi) is 3.86. The summed E-state index contributed by atoms with van der Waals surface area (Å²) in [5.41, 5.74) is -0.388. The van der Waals surface area contributed by atoms with Gasteiger partial charge in [-0.2, -0.15) is 0 Å². The normalized spacial score (nSPS) is 25.4. The molecule has 4 nitrogen and oxygen atoms in total. The Labute approximate surface area is 130 Å². The van der Waals surface area contributed by atoms with Gasteiger partial charge in [0.1, 0.15) is 0 Å². The van der Waals surface area contributed by atoms with Gasteiger partial charge in [-0.1, -0.05) is 18.9 Å². The smallest absolute Gasteiger partial charge is 0.234 e. The minimum Gasteiger partial charge on any atom is -0.341 e. The van der Waals surface area contributed by atoms with Gasteiger partial charge in [0.05, 0.1) is 10.7 Å². The third-order valence-corrected chi connectivity index (χ3v) is 7.57. The van der Waals surface area contributed by atoms with Gasteiger partial charge in [-0.25, -0.2) is 8.42 Å². The lowest BCUT2D eigenvalue weighted by Crippen LogP contribution is -2.44. The number of amides is 1. The summed E-state index contributed by atoms with van der Waals surface area (Å²) in [6.07, 6.45) is 5.79. The second-order valence-electron chi connectivity index (χ2n) is 6.26. The minimum absolute atomic E-state index is 0.147. The van der Waals surface area contributed by atoms with Crippen LogP contribution in [0.2, 0.25) is 0 Å². The molecule has 21 heavy (non-hydrogen) atoms. The van der Waals surface area contributed by atoms with Crippen molar-refractivity contribution < 1.29 is 13.2 Å². The Morgan fingerprint density at radius 1 is 1.38 bits per heavy atom. The zero-order chi connectivity index (χ0) is 15.1. The van der Waals surface area contributed by atoms with Crippen molar-refractivity contribution in [3.8, 4) is 0 Å². The molecule has 0 N–H and O–H groups in total. The largest absolute Gasteiger partial charge is 0.341 e. The van der Waals surface area contributed by atoms with E-state index < -0.39 is 9.84 Å². The lowest BCUT2D eigenvalue weighted by Gasteiger charge is -2.31. The van der Waals surface area contributed by atoms with Crippen LogP contribution >= 0.6 is 11.3 Å². The molecule has 1 aromatic rings. The molecule has 1 unspecified atom stereocenters.